The largest absolute Gasteiger partial charge is 0.326 e. The summed E-state index contributed by atoms with van der Waals surface area (Å²) in [6.07, 6.45) is 2.98. The maximum Gasteiger partial charge on any atom is 0.241 e. The Bertz CT molecular complexity index is 611. The second kappa shape index (κ2) is 5.77. The van der Waals surface area contributed by atoms with E-state index in [0.717, 1.165) is 19.3 Å². The molecule has 0 spiro atoms. The van der Waals surface area contributed by atoms with Gasteiger partial charge in [0.05, 0.1) is 4.90 Å². The number of amides is 1. The number of carbonyl (C=O) groups excluding carboxylic acids is 1. The van der Waals surface area contributed by atoms with E-state index in [1.165, 1.54) is 12.1 Å². The van der Waals surface area contributed by atoms with Crippen molar-refractivity contribution in [3.05, 3.63) is 24.3 Å². The SMILES string of the molecule is CC(C)(C)NS(=O)(=O)c1ccc(NC(=O)C2CCC2)cc1. The average molecular weight is 310 g/mol. The van der Waals surface area contributed by atoms with Gasteiger partial charge >= 0.3 is 0 Å². The first-order valence-corrected chi connectivity index (χ1v) is 8.61. The van der Waals surface area contributed by atoms with Gasteiger partial charge in [-0.3, -0.25) is 4.79 Å². The Balaban J connectivity index is 2.06. The lowest BCUT2D eigenvalue weighted by Crippen LogP contribution is -2.40. The molecule has 116 valence electrons. The minimum absolute atomic E-state index is 0.0182. The summed E-state index contributed by atoms with van der Waals surface area (Å²) in [7, 11) is -3.54. The highest BCUT2D eigenvalue weighted by molar-refractivity contribution is 7.89. The zero-order chi connectivity index (χ0) is 15.7. The van der Waals surface area contributed by atoms with Crippen LogP contribution in [0.25, 0.3) is 0 Å². The lowest BCUT2D eigenvalue weighted by molar-refractivity contribution is -0.122. The van der Waals surface area contributed by atoms with Gasteiger partial charge in [0.25, 0.3) is 0 Å². The lowest BCUT2D eigenvalue weighted by atomic mass is 9.85. The summed E-state index contributed by atoms with van der Waals surface area (Å²) >= 11 is 0. The lowest BCUT2D eigenvalue weighted by Gasteiger charge is -2.24. The summed E-state index contributed by atoms with van der Waals surface area (Å²) in [6.45, 7) is 5.37. The molecule has 1 fully saturated rings. The van der Waals surface area contributed by atoms with Crippen molar-refractivity contribution in [1.82, 2.24) is 4.72 Å². The highest BCUT2D eigenvalue weighted by atomic mass is 32.2. The normalized spacial score (nSPS) is 16.3. The Morgan fingerprint density at radius 3 is 2.14 bits per heavy atom. The van der Waals surface area contributed by atoms with Crippen LogP contribution in [0.4, 0.5) is 5.69 Å². The van der Waals surface area contributed by atoms with Crippen LogP contribution in [-0.2, 0) is 14.8 Å². The second-order valence-electron chi connectivity index (χ2n) is 6.50. The predicted molar refractivity (Wildman–Crippen MR) is 82.5 cm³/mol. The summed E-state index contributed by atoms with van der Waals surface area (Å²) in [5, 5.41) is 2.82. The summed E-state index contributed by atoms with van der Waals surface area (Å²) in [4.78, 5) is 12.0. The predicted octanol–water partition coefficient (Wildman–Crippen LogP) is 2.50. The third kappa shape index (κ3) is 4.28. The van der Waals surface area contributed by atoms with Crippen LogP contribution < -0.4 is 10.0 Å². The average Bonchev–Trinajstić information content (AvgIpc) is 2.23. The van der Waals surface area contributed by atoms with Crippen molar-refractivity contribution >= 4 is 21.6 Å². The molecule has 0 unspecified atom stereocenters. The van der Waals surface area contributed by atoms with Gasteiger partial charge in [-0.05, 0) is 57.9 Å². The van der Waals surface area contributed by atoms with Crippen LogP contribution in [0.1, 0.15) is 40.0 Å². The molecule has 1 saturated carbocycles. The van der Waals surface area contributed by atoms with Gasteiger partial charge in [0.2, 0.25) is 15.9 Å². The topological polar surface area (TPSA) is 75.3 Å². The molecule has 1 aromatic rings. The van der Waals surface area contributed by atoms with E-state index in [4.69, 9.17) is 0 Å². The van der Waals surface area contributed by atoms with Gasteiger partial charge in [0.1, 0.15) is 0 Å². The van der Waals surface area contributed by atoms with Crippen LogP contribution in [0.15, 0.2) is 29.2 Å². The molecule has 0 atom stereocenters. The van der Waals surface area contributed by atoms with Crippen molar-refractivity contribution in [2.45, 2.75) is 50.5 Å². The fraction of sp³-hybridized carbons (Fsp3) is 0.533. The van der Waals surface area contributed by atoms with E-state index in [2.05, 4.69) is 10.0 Å². The van der Waals surface area contributed by atoms with Crippen molar-refractivity contribution in [1.29, 1.82) is 0 Å². The molecule has 1 aromatic carbocycles. The van der Waals surface area contributed by atoms with Crippen LogP contribution in [0, 0.1) is 5.92 Å². The maximum absolute atomic E-state index is 12.1. The molecule has 0 heterocycles. The van der Waals surface area contributed by atoms with Gasteiger partial charge in [0.15, 0.2) is 0 Å². The standard InChI is InChI=1S/C15H22N2O3S/c1-15(2,3)17-21(19,20)13-9-7-12(8-10-13)16-14(18)11-5-4-6-11/h7-11,17H,4-6H2,1-3H3,(H,16,18). The van der Waals surface area contributed by atoms with E-state index in [9.17, 15) is 13.2 Å². The van der Waals surface area contributed by atoms with Crippen LogP contribution in [0.5, 0.6) is 0 Å². The van der Waals surface area contributed by atoms with Gasteiger partial charge in [0, 0.05) is 17.1 Å². The van der Waals surface area contributed by atoms with E-state index in [1.807, 2.05) is 0 Å². The highest BCUT2D eigenvalue weighted by Gasteiger charge is 2.25. The minimum Gasteiger partial charge on any atom is -0.326 e. The Kier molecular flexibility index (Phi) is 4.39. The first-order chi connectivity index (χ1) is 9.67. The van der Waals surface area contributed by atoms with Crippen molar-refractivity contribution in [2.24, 2.45) is 5.92 Å². The smallest absolute Gasteiger partial charge is 0.241 e. The highest BCUT2D eigenvalue weighted by Crippen LogP contribution is 2.27. The summed E-state index contributed by atoms with van der Waals surface area (Å²) in [6, 6.07) is 6.25. The summed E-state index contributed by atoms with van der Waals surface area (Å²) < 4.78 is 26.9. The number of rotatable bonds is 4. The maximum atomic E-state index is 12.1. The number of benzene rings is 1. The van der Waals surface area contributed by atoms with Crippen LogP contribution in [0.3, 0.4) is 0 Å². The minimum atomic E-state index is -3.54. The molecule has 2 rings (SSSR count). The molecule has 0 aromatic heterocycles. The molecule has 2 N–H and O–H groups in total. The molecule has 0 saturated heterocycles. The number of hydrogen-bond acceptors (Lipinski definition) is 3. The Morgan fingerprint density at radius 1 is 1.14 bits per heavy atom. The Labute approximate surface area is 126 Å². The van der Waals surface area contributed by atoms with Gasteiger partial charge in [-0.25, -0.2) is 13.1 Å². The zero-order valence-electron chi connectivity index (χ0n) is 12.6. The number of anilines is 1. The third-order valence-corrected chi connectivity index (χ3v) is 5.12. The molecule has 6 heteroatoms. The quantitative estimate of drug-likeness (QED) is 0.897. The molecule has 5 nitrogen and oxygen atoms in total. The van der Waals surface area contributed by atoms with Gasteiger partial charge in [-0.1, -0.05) is 6.42 Å². The first kappa shape index (κ1) is 16.0. The van der Waals surface area contributed by atoms with E-state index in [0.29, 0.717) is 5.69 Å². The number of carbonyl (C=O) groups is 1. The third-order valence-electron chi connectivity index (χ3n) is 3.35. The zero-order valence-corrected chi connectivity index (χ0v) is 13.5. The Morgan fingerprint density at radius 2 is 1.71 bits per heavy atom. The second-order valence-corrected chi connectivity index (χ2v) is 8.18. The molecule has 21 heavy (non-hydrogen) atoms. The van der Waals surface area contributed by atoms with E-state index in [-0.39, 0.29) is 16.7 Å². The van der Waals surface area contributed by atoms with Crippen LogP contribution in [0.2, 0.25) is 0 Å². The first-order valence-electron chi connectivity index (χ1n) is 7.12. The van der Waals surface area contributed by atoms with E-state index in [1.54, 1.807) is 32.9 Å². The molecule has 0 aliphatic heterocycles. The molecule has 1 amide bonds. The number of nitrogens with one attached hydrogen (secondary N) is 2. The van der Waals surface area contributed by atoms with E-state index < -0.39 is 15.6 Å². The summed E-state index contributed by atoms with van der Waals surface area (Å²) in [5.74, 6) is 0.126. The Hall–Kier alpha value is -1.40. The van der Waals surface area contributed by atoms with E-state index >= 15 is 0 Å². The van der Waals surface area contributed by atoms with Crippen molar-refractivity contribution in [3.8, 4) is 0 Å². The number of hydrogen-bond donors (Lipinski definition) is 2. The van der Waals surface area contributed by atoms with Crippen molar-refractivity contribution < 1.29 is 13.2 Å². The van der Waals surface area contributed by atoms with Crippen LogP contribution in [-0.4, -0.2) is 19.9 Å². The van der Waals surface area contributed by atoms with Gasteiger partial charge in [-0.15, -0.1) is 0 Å². The fourth-order valence-corrected chi connectivity index (χ4v) is 3.51. The molecule has 0 radical (unpaired) electrons. The summed E-state index contributed by atoms with van der Waals surface area (Å²) in [5.41, 5.74) is 0.0947. The van der Waals surface area contributed by atoms with Crippen molar-refractivity contribution in [2.75, 3.05) is 5.32 Å². The van der Waals surface area contributed by atoms with Crippen LogP contribution >= 0.6 is 0 Å². The molecule has 0 bridgehead atoms. The molecular weight excluding hydrogens is 288 g/mol. The molecule has 1 aliphatic rings. The monoisotopic (exact) mass is 310 g/mol. The van der Waals surface area contributed by atoms with Gasteiger partial charge in [-0.2, -0.15) is 0 Å². The van der Waals surface area contributed by atoms with Gasteiger partial charge < -0.3 is 5.32 Å². The fourth-order valence-electron chi connectivity index (χ4n) is 2.09. The molecule has 1 aliphatic carbocycles. The number of sulfonamides is 1. The molecular formula is C15H22N2O3S. The van der Waals surface area contributed by atoms with Crippen molar-refractivity contribution in [3.63, 3.8) is 0 Å².